The van der Waals surface area contributed by atoms with Gasteiger partial charge in [0.2, 0.25) is 0 Å². The fourth-order valence-corrected chi connectivity index (χ4v) is 3.14. The lowest BCUT2D eigenvalue weighted by atomic mass is 9.95. The van der Waals surface area contributed by atoms with Crippen LogP contribution < -0.4 is 4.74 Å². The van der Waals surface area contributed by atoms with E-state index in [1.165, 1.54) is 11.1 Å². The van der Waals surface area contributed by atoms with Crippen LogP contribution in [0.15, 0.2) is 41.1 Å². The van der Waals surface area contributed by atoms with Crippen LogP contribution in [0.25, 0.3) is 0 Å². The van der Waals surface area contributed by atoms with E-state index in [1.54, 1.807) is 18.4 Å². The number of hydrogen-bond acceptors (Lipinski definition) is 2. The number of ether oxygens (including phenoxy) is 1. The summed E-state index contributed by atoms with van der Waals surface area (Å²) in [6, 6.07) is 10.5. The average molecular weight is 295 g/mol. The molecule has 1 nitrogen and oxygen atoms in total. The molecule has 0 fully saturated rings. The van der Waals surface area contributed by atoms with Gasteiger partial charge in [0, 0.05) is 5.88 Å². The maximum absolute atomic E-state index is 6.10. The van der Waals surface area contributed by atoms with Crippen molar-refractivity contribution in [2.45, 2.75) is 19.3 Å². The smallest absolute Gasteiger partial charge is 0.119 e. The molecular weight excluding hydrogens is 276 g/mol. The first kappa shape index (κ1) is 14.4. The Bertz CT molecular complexity index is 481. The third kappa shape index (κ3) is 4.55. The van der Waals surface area contributed by atoms with Crippen LogP contribution in [0.5, 0.6) is 5.75 Å². The van der Waals surface area contributed by atoms with Gasteiger partial charge in [0.15, 0.2) is 0 Å². The zero-order valence-electron chi connectivity index (χ0n) is 11.1. The van der Waals surface area contributed by atoms with E-state index in [9.17, 15) is 0 Å². The zero-order chi connectivity index (χ0) is 13.5. The molecule has 3 heteroatoms. The van der Waals surface area contributed by atoms with E-state index in [1.807, 2.05) is 12.1 Å². The number of rotatable bonds is 7. The van der Waals surface area contributed by atoms with E-state index >= 15 is 0 Å². The molecule has 2 rings (SSSR count). The van der Waals surface area contributed by atoms with E-state index in [4.69, 9.17) is 16.3 Å². The molecule has 0 saturated heterocycles. The van der Waals surface area contributed by atoms with Gasteiger partial charge < -0.3 is 4.74 Å². The van der Waals surface area contributed by atoms with Crippen LogP contribution in [-0.2, 0) is 12.8 Å². The molecule has 0 aliphatic carbocycles. The average Bonchev–Trinajstić information content (AvgIpc) is 2.97. The highest BCUT2D eigenvalue weighted by atomic mass is 35.5. The molecule has 1 aromatic carbocycles. The number of thiophene rings is 1. The summed E-state index contributed by atoms with van der Waals surface area (Å²) in [5.74, 6) is 2.15. The molecular formula is C16H19ClOS. The first-order valence-electron chi connectivity index (χ1n) is 6.51. The van der Waals surface area contributed by atoms with Gasteiger partial charge in [0.1, 0.15) is 5.75 Å². The Labute approximate surface area is 124 Å². The van der Waals surface area contributed by atoms with Gasteiger partial charge in [-0.3, -0.25) is 0 Å². The first-order chi connectivity index (χ1) is 9.31. The number of methoxy groups -OCH3 is 1. The minimum atomic E-state index is 0.522. The number of hydrogen-bond donors (Lipinski definition) is 0. The molecule has 2 aromatic rings. The summed E-state index contributed by atoms with van der Waals surface area (Å²) < 4.78 is 5.26. The molecule has 1 heterocycles. The van der Waals surface area contributed by atoms with Crippen LogP contribution in [0.1, 0.15) is 17.5 Å². The van der Waals surface area contributed by atoms with Gasteiger partial charge >= 0.3 is 0 Å². The predicted octanol–water partition coefficient (Wildman–Crippen LogP) is 4.79. The normalized spacial score (nSPS) is 12.3. The quantitative estimate of drug-likeness (QED) is 0.667. The van der Waals surface area contributed by atoms with E-state index in [0.717, 1.165) is 25.0 Å². The molecule has 1 atom stereocenters. The second-order valence-electron chi connectivity index (χ2n) is 4.75. The van der Waals surface area contributed by atoms with Gasteiger partial charge in [0.05, 0.1) is 7.11 Å². The van der Waals surface area contributed by atoms with Crippen molar-refractivity contribution in [3.05, 3.63) is 52.2 Å². The topological polar surface area (TPSA) is 9.23 Å². The highest BCUT2D eigenvalue weighted by Gasteiger charge is 2.09. The molecule has 0 radical (unpaired) electrons. The fourth-order valence-electron chi connectivity index (χ4n) is 2.17. The van der Waals surface area contributed by atoms with Gasteiger partial charge in [0.25, 0.3) is 0 Å². The molecule has 0 amide bonds. The Morgan fingerprint density at radius 2 is 2.16 bits per heavy atom. The Morgan fingerprint density at radius 1 is 1.26 bits per heavy atom. The van der Waals surface area contributed by atoms with Crippen LogP contribution in [-0.4, -0.2) is 13.0 Å². The van der Waals surface area contributed by atoms with Crippen LogP contribution in [0, 0.1) is 5.92 Å². The van der Waals surface area contributed by atoms with Crippen molar-refractivity contribution in [2.24, 2.45) is 5.92 Å². The second kappa shape index (κ2) is 7.56. The zero-order valence-corrected chi connectivity index (χ0v) is 12.7. The lowest BCUT2D eigenvalue weighted by molar-refractivity contribution is 0.413. The van der Waals surface area contributed by atoms with Gasteiger partial charge in [-0.15, -0.1) is 11.6 Å². The first-order valence-corrected chi connectivity index (χ1v) is 7.99. The van der Waals surface area contributed by atoms with Gasteiger partial charge in [-0.1, -0.05) is 12.1 Å². The third-order valence-electron chi connectivity index (χ3n) is 3.30. The summed E-state index contributed by atoms with van der Waals surface area (Å²) >= 11 is 7.86. The molecule has 102 valence electrons. The molecule has 0 saturated carbocycles. The number of aryl methyl sites for hydroxylation is 1. The maximum atomic E-state index is 6.10. The lowest BCUT2D eigenvalue weighted by Crippen LogP contribution is -2.08. The Kier molecular flexibility index (Phi) is 5.74. The number of halogens is 1. The largest absolute Gasteiger partial charge is 0.497 e. The van der Waals surface area contributed by atoms with E-state index < -0.39 is 0 Å². The van der Waals surface area contributed by atoms with E-state index in [0.29, 0.717) is 11.8 Å². The van der Waals surface area contributed by atoms with Crippen molar-refractivity contribution in [1.82, 2.24) is 0 Å². The molecule has 0 bridgehead atoms. The summed E-state index contributed by atoms with van der Waals surface area (Å²) in [5.41, 5.74) is 2.72. The Morgan fingerprint density at radius 3 is 2.84 bits per heavy atom. The molecule has 19 heavy (non-hydrogen) atoms. The molecule has 1 aromatic heterocycles. The number of benzene rings is 1. The van der Waals surface area contributed by atoms with Crippen LogP contribution in [0.4, 0.5) is 0 Å². The molecule has 0 spiro atoms. The van der Waals surface area contributed by atoms with Crippen molar-refractivity contribution >= 4 is 22.9 Å². The summed E-state index contributed by atoms with van der Waals surface area (Å²) in [6.07, 6.45) is 3.27. The standard InChI is InChI=1S/C16H19ClOS/c1-18-16-4-2-3-14(10-16)9-15(11-17)6-5-13-7-8-19-12-13/h2-4,7-8,10,12,15H,5-6,9,11H2,1H3. The minimum absolute atomic E-state index is 0.522. The van der Waals surface area contributed by atoms with Crippen molar-refractivity contribution in [3.8, 4) is 5.75 Å². The third-order valence-corrected chi connectivity index (χ3v) is 4.47. The maximum Gasteiger partial charge on any atom is 0.119 e. The van der Waals surface area contributed by atoms with Crippen molar-refractivity contribution in [1.29, 1.82) is 0 Å². The lowest BCUT2D eigenvalue weighted by Gasteiger charge is -2.14. The molecule has 0 aliphatic rings. The summed E-state index contributed by atoms with van der Waals surface area (Å²) in [5, 5.41) is 4.35. The van der Waals surface area contributed by atoms with E-state index in [2.05, 4.69) is 29.0 Å². The molecule has 0 N–H and O–H groups in total. The Balaban J connectivity index is 1.90. The summed E-state index contributed by atoms with van der Waals surface area (Å²) in [4.78, 5) is 0. The predicted molar refractivity (Wildman–Crippen MR) is 83.5 cm³/mol. The summed E-state index contributed by atoms with van der Waals surface area (Å²) in [6.45, 7) is 0. The van der Waals surface area contributed by atoms with Crippen molar-refractivity contribution < 1.29 is 4.74 Å². The minimum Gasteiger partial charge on any atom is -0.497 e. The van der Waals surface area contributed by atoms with Gasteiger partial charge in [-0.25, -0.2) is 0 Å². The monoisotopic (exact) mass is 294 g/mol. The Hall–Kier alpha value is -0.990. The second-order valence-corrected chi connectivity index (χ2v) is 5.83. The SMILES string of the molecule is COc1cccc(CC(CCl)CCc2ccsc2)c1. The van der Waals surface area contributed by atoms with Crippen molar-refractivity contribution in [3.63, 3.8) is 0 Å². The van der Waals surface area contributed by atoms with E-state index in [-0.39, 0.29) is 0 Å². The molecule has 0 aliphatic heterocycles. The summed E-state index contributed by atoms with van der Waals surface area (Å²) in [7, 11) is 1.70. The van der Waals surface area contributed by atoms with Crippen LogP contribution in [0.2, 0.25) is 0 Å². The van der Waals surface area contributed by atoms with Gasteiger partial charge in [-0.05, 0) is 65.3 Å². The molecule has 1 unspecified atom stereocenters. The van der Waals surface area contributed by atoms with Gasteiger partial charge in [-0.2, -0.15) is 11.3 Å². The van der Waals surface area contributed by atoms with Crippen LogP contribution in [0.3, 0.4) is 0 Å². The number of alkyl halides is 1. The highest BCUT2D eigenvalue weighted by Crippen LogP contribution is 2.20. The van der Waals surface area contributed by atoms with Crippen LogP contribution >= 0.6 is 22.9 Å². The highest BCUT2D eigenvalue weighted by molar-refractivity contribution is 7.07. The fraction of sp³-hybridized carbons (Fsp3) is 0.375. The van der Waals surface area contributed by atoms with Crippen molar-refractivity contribution in [2.75, 3.05) is 13.0 Å².